The molecule has 2 aromatic carbocycles. The second kappa shape index (κ2) is 7.07. The topological polar surface area (TPSA) is 75.6 Å². The summed E-state index contributed by atoms with van der Waals surface area (Å²) in [4.78, 5) is 24.2. The number of aromatic carboxylic acids is 1. The van der Waals surface area contributed by atoms with Gasteiger partial charge in [-0.25, -0.2) is 4.79 Å². The zero-order valence-electron chi connectivity index (χ0n) is 14.1. The normalized spacial score (nSPS) is 19.6. The molecule has 1 aliphatic rings. The van der Waals surface area contributed by atoms with Crippen LogP contribution in [0.1, 0.15) is 40.5 Å². The van der Waals surface area contributed by atoms with Gasteiger partial charge in [-0.15, -0.1) is 0 Å². The fourth-order valence-corrected chi connectivity index (χ4v) is 3.16. The minimum Gasteiger partial charge on any atom is -0.478 e. The highest BCUT2D eigenvalue weighted by atomic mass is 16.5. The number of rotatable bonds is 5. The van der Waals surface area contributed by atoms with Crippen molar-refractivity contribution in [3.63, 3.8) is 0 Å². The molecule has 1 atom stereocenters. The van der Waals surface area contributed by atoms with Gasteiger partial charge in [-0.1, -0.05) is 36.4 Å². The van der Waals surface area contributed by atoms with E-state index in [9.17, 15) is 14.7 Å². The van der Waals surface area contributed by atoms with Crippen molar-refractivity contribution in [2.45, 2.75) is 25.4 Å². The lowest BCUT2D eigenvalue weighted by molar-refractivity contribution is 0.0206. The third-order valence-electron chi connectivity index (χ3n) is 4.54. The maximum absolute atomic E-state index is 12.7. The predicted molar refractivity (Wildman–Crippen MR) is 94.8 cm³/mol. The van der Waals surface area contributed by atoms with Crippen molar-refractivity contribution in [1.82, 2.24) is 5.32 Å². The lowest BCUT2D eigenvalue weighted by Gasteiger charge is -2.23. The van der Waals surface area contributed by atoms with Crippen LogP contribution in [0.3, 0.4) is 0 Å². The summed E-state index contributed by atoms with van der Waals surface area (Å²) in [6, 6.07) is 13.8. The van der Waals surface area contributed by atoms with E-state index in [1.54, 1.807) is 48.5 Å². The van der Waals surface area contributed by atoms with Gasteiger partial charge in [-0.3, -0.25) is 4.79 Å². The summed E-state index contributed by atoms with van der Waals surface area (Å²) in [5.41, 5.74) is 1.44. The molecular weight excluding hydrogens is 318 g/mol. The van der Waals surface area contributed by atoms with Crippen LogP contribution in [-0.2, 0) is 4.74 Å². The second-order valence-electron chi connectivity index (χ2n) is 6.48. The molecule has 1 fully saturated rings. The number of carbonyl (C=O) groups excluding carboxylic acids is 1. The lowest BCUT2D eigenvalue weighted by Crippen LogP contribution is -2.40. The predicted octanol–water partition coefficient (Wildman–Crippen LogP) is 3.35. The highest BCUT2D eigenvalue weighted by Gasteiger charge is 2.30. The number of benzene rings is 2. The quantitative estimate of drug-likeness (QED) is 0.876. The molecule has 3 rings (SSSR count). The first-order valence-electron chi connectivity index (χ1n) is 8.34. The molecule has 1 unspecified atom stereocenters. The zero-order chi connectivity index (χ0) is 17.9. The van der Waals surface area contributed by atoms with Gasteiger partial charge in [0.05, 0.1) is 11.2 Å². The molecule has 25 heavy (non-hydrogen) atoms. The Hall–Kier alpha value is -2.66. The van der Waals surface area contributed by atoms with Crippen LogP contribution in [0.5, 0.6) is 0 Å². The Balaban J connectivity index is 1.89. The van der Waals surface area contributed by atoms with Gasteiger partial charge in [0.2, 0.25) is 0 Å². The van der Waals surface area contributed by atoms with Crippen molar-refractivity contribution >= 4 is 11.9 Å². The zero-order valence-corrected chi connectivity index (χ0v) is 14.1. The molecule has 2 N–H and O–H groups in total. The van der Waals surface area contributed by atoms with Crippen LogP contribution in [0.25, 0.3) is 11.1 Å². The average molecular weight is 339 g/mol. The summed E-state index contributed by atoms with van der Waals surface area (Å²) in [6.45, 7) is 3.14. The number of nitrogens with one attached hydrogen (secondary N) is 1. The maximum Gasteiger partial charge on any atom is 0.336 e. The molecule has 5 nitrogen and oxygen atoms in total. The molecule has 0 spiro atoms. The number of hydrogen-bond acceptors (Lipinski definition) is 3. The largest absolute Gasteiger partial charge is 0.478 e. The molecule has 0 saturated carbocycles. The maximum atomic E-state index is 12.7. The van der Waals surface area contributed by atoms with Crippen LogP contribution in [0, 0.1) is 0 Å². The van der Waals surface area contributed by atoms with Gasteiger partial charge in [0.15, 0.2) is 0 Å². The van der Waals surface area contributed by atoms with Crippen molar-refractivity contribution in [3.05, 3.63) is 59.7 Å². The van der Waals surface area contributed by atoms with Gasteiger partial charge >= 0.3 is 5.97 Å². The first-order valence-corrected chi connectivity index (χ1v) is 8.34. The molecule has 5 heteroatoms. The smallest absolute Gasteiger partial charge is 0.336 e. The summed E-state index contributed by atoms with van der Waals surface area (Å²) in [7, 11) is 0. The summed E-state index contributed by atoms with van der Waals surface area (Å²) in [5, 5.41) is 12.3. The van der Waals surface area contributed by atoms with Crippen LogP contribution in [0.4, 0.5) is 0 Å². The molecular formula is C20H21NO4. The van der Waals surface area contributed by atoms with Gasteiger partial charge in [0.25, 0.3) is 5.91 Å². The molecule has 0 bridgehead atoms. The summed E-state index contributed by atoms with van der Waals surface area (Å²) >= 11 is 0. The van der Waals surface area contributed by atoms with Crippen LogP contribution < -0.4 is 5.32 Å². The van der Waals surface area contributed by atoms with Gasteiger partial charge in [0.1, 0.15) is 0 Å². The Morgan fingerprint density at radius 2 is 1.68 bits per heavy atom. The van der Waals surface area contributed by atoms with Crippen LogP contribution in [0.15, 0.2) is 48.5 Å². The molecule has 0 aliphatic carbocycles. The first kappa shape index (κ1) is 17.2. The van der Waals surface area contributed by atoms with E-state index < -0.39 is 5.97 Å². The Morgan fingerprint density at radius 3 is 2.28 bits per heavy atom. The van der Waals surface area contributed by atoms with Crippen molar-refractivity contribution in [2.24, 2.45) is 0 Å². The number of amides is 1. The van der Waals surface area contributed by atoms with Gasteiger partial charge in [-0.05, 0) is 43.0 Å². The van der Waals surface area contributed by atoms with Crippen molar-refractivity contribution in [2.75, 3.05) is 13.2 Å². The Morgan fingerprint density at radius 1 is 1.08 bits per heavy atom. The summed E-state index contributed by atoms with van der Waals surface area (Å²) in [6.07, 6.45) is 1.91. The van der Waals surface area contributed by atoms with Crippen LogP contribution in [0.2, 0.25) is 0 Å². The molecule has 1 aliphatic heterocycles. The third-order valence-corrected chi connectivity index (χ3v) is 4.54. The second-order valence-corrected chi connectivity index (χ2v) is 6.48. The first-order chi connectivity index (χ1) is 12.0. The van der Waals surface area contributed by atoms with E-state index in [0.29, 0.717) is 23.2 Å². The van der Waals surface area contributed by atoms with Crippen molar-refractivity contribution in [1.29, 1.82) is 0 Å². The minimum absolute atomic E-state index is 0.175. The number of carbonyl (C=O) groups is 2. The van der Waals surface area contributed by atoms with E-state index in [4.69, 9.17) is 4.74 Å². The Bertz CT molecular complexity index is 794. The third kappa shape index (κ3) is 3.72. The summed E-state index contributed by atoms with van der Waals surface area (Å²) < 4.78 is 5.70. The van der Waals surface area contributed by atoms with E-state index in [1.807, 2.05) is 6.92 Å². The van der Waals surface area contributed by atoms with E-state index in [1.165, 1.54) is 0 Å². The fraction of sp³-hybridized carbons (Fsp3) is 0.300. The molecule has 1 amide bonds. The number of carboxylic acid groups (broad SMARTS) is 1. The highest BCUT2D eigenvalue weighted by molar-refractivity contribution is 6.04. The minimum atomic E-state index is -1.02. The van der Waals surface area contributed by atoms with E-state index in [-0.39, 0.29) is 17.1 Å². The average Bonchev–Trinajstić information content (AvgIpc) is 3.06. The SMILES string of the molecule is CC1(CNC(=O)c2ccccc2-c2ccccc2C(=O)O)CCCO1. The monoisotopic (exact) mass is 339 g/mol. The van der Waals surface area contributed by atoms with Gasteiger partial charge in [-0.2, -0.15) is 0 Å². The van der Waals surface area contributed by atoms with E-state index in [2.05, 4.69) is 5.32 Å². The van der Waals surface area contributed by atoms with Gasteiger partial charge in [0, 0.05) is 18.7 Å². The molecule has 2 aromatic rings. The van der Waals surface area contributed by atoms with Crippen molar-refractivity contribution in [3.8, 4) is 11.1 Å². The van der Waals surface area contributed by atoms with Crippen molar-refractivity contribution < 1.29 is 19.4 Å². The van der Waals surface area contributed by atoms with E-state index >= 15 is 0 Å². The Kier molecular flexibility index (Phi) is 4.86. The van der Waals surface area contributed by atoms with E-state index in [0.717, 1.165) is 19.4 Å². The molecule has 0 radical (unpaired) electrons. The Labute approximate surface area is 146 Å². The van der Waals surface area contributed by atoms with Crippen LogP contribution >= 0.6 is 0 Å². The number of carboxylic acids is 1. The number of hydrogen-bond donors (Lipinski definition) is 2. The highest BCUT2D eigenvalue weighted by Crippen LogP contribution is 2.28. The molecule has 0 aromatic heterocycles. The fourth-order valence-electron chi connectivity index (χ4n) is 3.16. The molecule has 1 heterocycles. The number of ether oxygens (including phenoxy) is 1. The molecule has 130 valence electrons. The van der Waals surface area contributed by atoms with Gasteiger partial charge < -0.3 is 15.2 Å². The standard InChI is InChI=1S/C20H21NO4/c1-20(11-6-12-25-20)13-21-18(22)16-9-4-2-7-14(16)15-8-3-5-10-17(15)19(23)24/h2-5,7-10H,6,11-13H2,1H3,(H,21,22)(H,23,24). The molecule has 1 saturated heterocycles. The lowest BCUT2D eigenvalue weighted by atomic mass is 9.94. The van der Waals surface area contributed by atoms with Crippen LogP contribution in [-0.4, -0.2) is 35.7 Å². The summed E-state index contributed by atoms with van der Waals surface area (Å²) in [5.74, 6) is -1.25.